The molecule has 1 rings (SSSR count). The van der Waals surface area contributed by atoms with Gasteiger partial charge in [0.2, 0.25) is 0 Å². The second-order valence-electron chi connectivity index (χ2n) is 2.96. The third kappa shape index (κ3) is 2.67. The monoisotopic (exact) mass is 209 g/mol. The highest BCUT2D eigenvalue weighted by Crippen LogP contribution is 2.20. The molecule has 80 valence electrons. The van der Waals surface area contributed by atoms with Crippen LogP contribution >= 0.6 is 0 Å². The van der Waals surface area contributed by atoms with Gasteiger partial charge in [-0.3, -0.25) is 10.1 Å². The second kappa shape index (κ2) is 4.41. The highest BCUT2D eigenvalue weighted by molar-refractivity contribution is 5.90. The number of nitro groups is 1. The van der Waals surface area contributed by atoms with E-state index in [0.717, 1.165) is 0 Å². The van der Waals surface area contributed by atoms with Crippen molar-refractivity contribution in [3.63, 3.8) is 0 Å². The summed E-state index contributed by atoms with van der Waals surface area (Å²) in [5.41, 5.74) is 1.21. The summed E-state index contributed by atoms with van der Waals surface area (Å²) in [6, 6.07) is 3.90. The first-order valence-electron chi connectivity index (χ1n) is 4.28. The number of hydrogen-bond acceptors (Lipinski definition) is 3. The number of anilines is 1. The summed E-state index contributed by atoms with van der Waals surface area (Å²) >= 11 is 0. The summed E-state index contributed by atoms with van der Waals surface area (Å²) in [6.07, 6.45) is 0. The van der Waals surface area contributed by atoms with E-state index in [9.17, 15) is 14.9 Å². The van der Waals surface area contributed by atoms with Crippen molar-refractivity contribution in [3.8, 4) is 0 Å². The van der Waals surface area contributed by atoms with Crippen LogP contribution in [0.4, 0.5) is 16.2 Å². The Balaban J connectivity index is 2.93. The van der Waals surface area contributed by atoms with Gasteiger partial charge in [-0.2, -0.15) is 0 Å². The lowest BCUT2D eigenvalue weighted by molar-refractivity contribution is -0.384. The zero-order valence-corrected chi connectivity index (χ0v) is 8.40. The van der Waals surface area contributed by atoms with Gasteiger partial charge >= 0.3 is 6.03 Å². The molecule has 2 amide bonds. The van der Waals surface area contributed by atoms with E-state index >= 15 is 0 Å². The van der Waals surface area contributed by atoms with Gasteiger partial charge in [-0.25, -0.2) is 4.79 Å². The quantitative estimate of drug-likeness (QED) is 0.573. The van der Waals surface area contributed by atoms with Crippen LogP contribution in [0.15, 0.2) is 18.2 Å². The van der Waals surface area contributed by atoms with Crippen LogP contribution in [0.5, 0.6) is 0 Å². The third-order valence-electron chi connectivity index (χ3n) is 1.90. The third-order valence-corrected chi connectivity index (χ3v) is 1.90. The van der Waals surface area contributed by atoms with Crippen LogP contribution in [-0.2, 0) is 0 Å². The molecule has 0 saturated heterocycles. The second-order valence-corrected chi connectivity index (χ2v) is 2.96. The Kier molecular flexibility index (Phi) is 3.22. The molecule has 6 heteroatoms. The first-order valence-corrected chi connectivity index (χ1v) is 4.28. The molecule has 0 aliphatic carbocycles. The molecule has 0 saturated carbocycles. The number of carbonyl (C=O) groups excluding carboxylic acids is 1. The maximum absolute atomic E-state index is 11.0. The van der Waals surface area contributed by atoms with Crippen molar-refractivity contribution in [3.05, 3.63) is 33.9 Å². The number of carbonyl (C=O) groups is 1. The fraction of sp³-hybridized carbons (Fsp3) is 0.222. The van der Waals surface area contributed by atoms with E-state index in [1.54, 1.807) is 6.92 Å². The van der Waals surface area contributed by atoms with E-state index in [1.807, 2.05) is 0 Å². The summed E-state index contributed by atoms with van der Waals surface area (Å²) in [5.74, 6) is 0. The lowest BCUT2D eigenvalue weighted by atomic mass is 10.2. The van der Waals surface area contributed by atoms with Crippen molar-refractivity contribution in [2.45, 2.75) is 6.92 Å². The number of amides is 2. The number of nitrogens with one attached hydrogen (secondary N) is 2. The molecule has 0 atom stereocenters. The predicted molar refractivity (Wildman–Crippen MR) is 55.9 cm³/mol. The molecule has 0 aromatic heterocycles. The van der Waals surface area contributed by atoms with Gasteiger partial charge in [0.15, 0.2) is 0 Å². The first-order chi connectivity index (χ1) is 7.04. The number of urea groups is 1. The van der Waals surface area contributed by atoms with E-state index in [0.29, 0.717) is 11.3 Å². The Bertz CT molecular complexity index is 404. The number of nitrogens with zero attached hydrogens (tertiary/aromatic N) is 1. The van der Waals surface area contributed by atoms with Crippen molar-refractivity contribution in [2.24, 2.45) is 0 Å². The number of nitro benzene ring substituents is 1. The Morgan fingerprint density at radius 2 is 2.13 bits per heavy atom. The highest BCUT2D eigenvalue weighted by atomic mass is 16.6. The highest BCUT2D eigenvalue weighted by Gasteiger charge is 2.08. The molecule has 15 heavy (non-hydrogen) atoms. The van der Waals surface area contributed by atoms with Crippen LogP contribution in [0.3, 0.4) is 0 Å². The van der Waals surface area contributed by atoms with Crippen LogP contribution < -0.4 is 10.6 Å². The van der Waals surface area contributed by atoms with Gasteiger partial charge in [0.05, 0.1) is 4.92 Å². The summed E-state index contributed by atoms with van der Waals surface area (Å²) in [6.45, 7) is 1.69. The molecule has 0 fully saturated rings. The fourth-order valence-corrected chi connectivity index (χ4v) is 1.09. The van der Waals surface area contributed by atoms with E-state index < -0.39 is 4.92 Å². The molecule has 0 aliphatic rings. The van der Waals surface area contributed by atoms with Crippen LogP contribution in [-0.4, -0.2) is 18.0 Å². The Labute approximate surface area is 86.4 Å². The van der Waals surface area contributed by atoms with Crippen LogP contribution in [0.1, 0.15) is 5.56 Å². The first kappa shape index (κ1) is 11.0. The standard InChI is InChI=1S/C9H11N3O3/c1-6-5-7(12(14)15)3-4-8(6)11-9(13)10-2/h3-5H,1-2H3,(H2,10,11,13). The molecule has 0 spiro atoms. The molecule has 1 aromatic rings. The predicted octanol–water partition coefficient (Wildman–Crippen LogP) is 1.65. The molecule has 0 bridgehead atoms. The molecule has 1 aromatic carbocycles. The Morgan fingerprint density at radius 3 is 2.60 bits per heavy atom. The smallest absolute Gasteiger partial charge is 0.318 e. The minimum atomic E-state index is -0.476. The molecule has 0 aliphatic heterocycles. The van der Waals surface area contributed by atoms with Gasteiger partial charge < -0.3 is 10.6 Å². The van der Waals surface area contributed by atoms with Gasteiger partial charge in [-0.15, -0.1) is 0 Å². The number of aryl methyl sites for hydroxylation is 1. The maximum atomic E-state index is 11.0. The van der Waals surface area contributed by atoms with E-state index in [2.05, 4.69) is 10.6 Å². The topological polar surface area (TPSA) is 84.3 Å². The van der Waals surface area contributed by atoms with Gasteiger partial charge in [-0.05, 0) is 18.6 Å². The van der Waals surface area contributed by atoms with Gasteiger partial charge in [0, 0.05) is 24.9 Å². The number of rotatable bonds is 2. The molecule has 0 heterocycles. The summed E-state index contributed by atoms with van der Waals surface area (Å²) in [5, 5.41) is 15.4. The lowest BCUT2D eigenvalue weighted by Crippen LogP contribution is -2.24. The normalized spacial score (nSPS) is 9.47. The fourth-order valence-electron chi connectivity index (χ4n) is 1.09. The van der Waals surface area contributed by atoms with Crippen molar-refractivity contribution in [2.75, 3.05) is 12.4 Å². The van der Waals surface area contributed by atoms with Gasteiger partial charge in [0.1, 0.15) is 0 Å². The minimum absolute atomic E-state index is 0.00922. The zero-order valence-electron chi connectivity index (χ0n) is 8.40. The van der Waals surface area contributed by atoms with E-state index in [4.69, 9.17) is 0 Å². The Hall–Kier alpha value is -2.11. The molecule has 0 unspecified atom stereocenters. The van der Waals surface area contributed by atoms with Crippen molar-refractivity contribution < 1.29 is 9.72 Å². The number of hydrogen-bond donors (Lipinski definition) is 2. The van der Waals surface area contributed by atoms with Crippen molar-refractivity contribution in [1.29, 1.82) is 0 Å². The van der Waals surface area contributed by atoms with Crippen molar-refractivity contribution >= 4 is 17.4 Å². The molecular formula is C9H11N3O3. The molecule has 2 N–H and O–H groups in total. The molecule has 0 radical (unpaired) electrons. The van der Waals surface area contributed by atoms with Crippen LogP contribution in [0, 0.1) is 17.0 Å². The largest absolute Gasteiger partial charge is 0.341 e. The Morgan fingerprint density at radius 1 is 1.47 bits per heavy atom. The van der Waals surface area contributed by atoms with E-state index in [1.165, 1.54) is 25.2 Å². The summed E-state index contributed by atoms with van der Waals surface area (Å²) < 4.78 is 0. The van der Waals surface area contributed by atoms with Crippen LogP contribution in [0.2, 0.25) is 0 Å². The van der Waals surface area contributed by atoms with Gasteiger partial charge in [-0.1, -0.05) is 0 Å². The average molecular weight is 209 g/mol. The molecule has 6 nitrogen and oxygen atoms in total. The van der Waals surface area contributed by atoms with Crippen LogP contribution in [0.25, 0.3) is 0 Å². The summed E-state index contributed by atoms with van der Waals surface area (Å²) in [4.78, 5) is 21.0. The lowest BCUT2D eigenvalue weighted by Gasteiger charge is -2.06. The minimum Gasteiger partial charge on any atom is -0.341 e. The SMILES string of the molecule is CNC(=O)Nc1ccc([N+](=O)[O-])cc1C. The summed E-state index contributed by atoms with van der Waals surface area (Å²) in [7, 11) is 1.50. The van der Waals surface area contributed by atoms with Gasteiger partial charge in [0.25, 0.3) is 5.69 Å². The number of benzene rings is 1. The maximum Gasteiger partial charge on any atom is 0.318 e. The number of non-ortho nitro benzene ring substituents is 1. The molecular weight excluding hydrogens is 198 g/mol. The zero-order chi connectivity index (χ0) is 11.4. The van der Waals surface area contributed by atoms with E-state index in [-0.39, 0.29) is 11.7 Å². The average Bonchev–Trinajstić information content (AvgIpc) is 2.20. The van der Waals surface area contributed by atoms with Crippen molar-refractivity contribution in [1.82, 2.24) is 5.32 Å².